The van der Waals surface area contributed by atoms with Crippen molar-refractivity contribution in [3.63, 3.8) is 0 Å². The number of imidazole rings is 1. The Morgan fingerprint density at radius 2 is 2.00 bits per heavy atom. The fourth-order valence-corrected chi connectivity index (χ4v) is 2.96. The summed E-state index contributed by atoms with van der Waals surface area (Å²) in [6.07, 6.45) is 6.43. The van der Waals surface area contributed by atoms with Gasteiger partial charge < -0.3 is 4.98 Å². The van der Waals surface area contributed by atoms with Crippen molar-refractivity contribution in [2.45, 2.75) is 19.9 Å². The van der Waals surface area contributed by atoms with Crippen LogP contribution in [-0.4, -0.2) is 24.7 Å². The lowest BCUT2D eigenvalue weighted by molar-refractivity contribution is 0.631. The summed E-state index contributed by atoms with van der Waals surface area (Å²) >= 11 is 5.99. The summed E-state index contributed by atoms with van der Waals surface area (Å²) in [6, 6.07) is 9.73. The molecule has 0 bridgehead atoms. The van der Waals surface area contributed by atoms with E-state index in [-0.39, 0.29) is 0 Å². The molecule has 1 aromatic carbocycles. The van der Waals surface area contributed by atoms with E-state index in [1.54, 1.807) is 6.20 Å². The molecule has 0 saturated heterocycles. The van der Waals surface area contributed by atoms with Crippen LogP contribution in [0.2, 0.25) is 5.02 Å². The number of aryl methyl sites for hydroxylation is 3. The second kappa shape index (κ2) is 6.09. The number of halogens is 1. The molecule has 0 unspecified atom stereocenters. The highest BCUT2D eigenvalue weighted by atomic mass is 35.5. The summed E-state index contributed by atoms with van der Waals surface area (Å²) in [4.78, 5) is 11.8. The summed E-state index contributed by atoms with van der Waals surface area (Å²) in [5, 5.41) is 6.56. The van der Waals surface area contributed by atoms with Gasteiger partial charge >= 0.3 is 0 Å². The van der Waals surface area contributed by atoms with Gasteiger partial charge in [0.2, 0.25) is 0 Å². The molecule has 0 radical (unpaired) electrons. The van der Waals surface area contributed by atoms with Gasteiger partial charge in [0, 0.05) is 47.5 Å². The molecule has 0 fully saturated rings. The van der Waals surface area contributed by atoms with Crippen LogP contribution < -0.4 is 0 Å². The lowest BCUT2D eigenvalue weighted by Gasteiger charge is -2.01. The smallest absolute Gasteiger partial charge is 0.103 e. The van der Waals surface area contributed by atoms with Gasteiger partial charge in [0.15, 0.2) is 0 Å². The summed E-state index contributed by atoms with van der Waals surface area (Å²) < 4.78 is 2.02. The molecule has 1 N–H and O–H groups in total. The molecule has 4 rings (SSSR count). The molecule has 3 aromatic heterocycles. The third kappa shape index (κ3) is 2.78. The third-order valence-corrected chi connectivity index (χ3v) is 4.26. The molecule has 5 nitrogen and oxygen atoms in total. The van der Waals surface area contributed by atoms with E-state index in [0.717, 1.165) is 51.7 Å². The van der Waals surface area contributed by atoms with Gasteiger partial charge in [-0.3, -0.25) is 9.67 Å². The van der Waals surface area contributed by atoms with Crippen LogP contribution in [0.25, 0.3) is 22.2 Å². The molecule has 24 heavy (non-hydrogen) atoms. The predicted octanol–water partition coefficient (Wildman–Crippen LogP) is 4.03. The normalized spacial score (nSPS) is 11.2. The maximum Gasteiger partial charge on any atom is 0.103 e. The maximum atomic E-state index is 5.99. The van der Waals surface area contributed by atoms with Crippen molar-refractivity contribution in [3.05, 3.63) is 65.5 Å². The van der Waals surface area contributed by atoms with Crippen LogP contribution in [-0.2, 0) is 13.0 Å². The van der Waals surface area contributed by atoms with Crippen molar-refractivity contribution in [3.8, 4) is 11.3 Å². The maximum absolute atomic E-state index is 5.99. The van der Waals surface area contributed by atoms with Crippen LogP contribution in [0.1, 0.15) is 11.5 Å². The minimum absolute atomic E-state index is 0.717. The highest BCUT2D eigenvalue weighted by Gasteiger charge is 2.12. The van der Waals surface area contributed by atoms with E-state index in [0.29, 0.717) is 0 Å². The zero-order valence-corrected chi connectivity index (χ0v) is 14.0. The first kappa shape index (κ1) is 14.9. The van der Waals surface area contributed by atoms with E-state index in [1.807, 2.05) is 54.3 Å². The molecule has 0 aliphatic rings. The van der Waals surface area contributed by atoms with Crippen molar-refractivity contribution in [2.24, 2.45) is 0 Å². The Hall–Kier alpha value is -2.66. The second-order valence-corrected chi connectivity index (χ2v) is 6.14. The van der Waals surface area contributed by atoms with Crippen molar-refractivity contribution in [1.82, 2.24) is 24.7 Å². The SMILES string of the molecule is Cc1nc(CCn2nc(-c3ccc(Cl)cc3)c3cnccc32)c[nH]1. The van der Waals surface area contributed by atoms with E-state index in [4.69, 9.17) is 16.7 Å². The number of hydrogen-bond donors (Lipinski definition) is 1. The number of rotatable bonds is 4. The van der Waals surface area contributed by atoms with Crippen LogP contribution >= 0.6 is 11.6 Å². The Labute approximate surface area is 144 Å². The highest BCUT2D eigenvalue weighted by molar-refractivity contribution is 6.30. The number of aromatic nitrogens is 5. The van der Waals surface area contributed by atoms with Crippen LogP contribution in [0.3, 0.4) is 0 Å². The molecule has 0 atom stereocenters. The van der Waals surface area contributed by atoms with Gasteiger partial charge in [-0.25, -0.2) is 4.98 Å². The molecule has 4 aromatic rings. The topological polar surface area (TPSA) is 59.4 Å². The van der Waals surface area contributed by atoms with Crippen molar-refractivity contribution < 1.29 is 0 Å². The third-order valence-electron chi connectivity index (χ3n) is 4.01. The Morgan fingerprint density at radius 3 is 2.75 bits per heavy atom. The average Bonchev–Trinajstić information content (AvgIpc) is 3.18. The van der Waals surface area contributed by atoms with Gasteiger partial charge in [-0.2, -0.15) is 5.10 Å². The van der Waals surface area contributed by atoms with E-state index in [9.17, 15) is 0 Å². The predicted molar refractivity (Wildman–Crippen MR) is 95.0 cm³/mol. The molecule has 6 heteroatoms. The molecule has 0 aliphatic carbocycles. The molecule has 0 spiro atoms. The highest BCUT2D eigenvalue weighted by Crippen LogP contribution is 2.28. The minimum Gasteiger partial charge on any atom is -0.349 e. The van der Waals surface area contributed by atoms with Gasteiger partial charge in [0.05, 0.1) is 11.2 Å². The van der Waals surface area contributed by atoms with Gasteiger partial charge in [0.25, 0.3) is 0 Å². The zero-order chi connectivity index (χ0) is 16.5. The lowest BCUT2D eigenvalue weighted by atomic mass is 10.1. The van der Waals surface area contributed by atoms with Gasteiger partial charge in [0.1, 0.15) is 11.5 Å². The van der Waals surface area contributed by atoms with Crippen LogP contribution in [0.15, 0.2) is 48.9 Å². The molecular formula is C18H16ClN5. The summed E-state index contributed by atoms with van der Waals surface area (Å²) in [5.74, 6) is 0.932. The number of nitrogens with one attached hydrogen (secondary N) is 1. The van der Waals surface area contributed by atoms with Gasteiger partial charge in [-0.15, -0.1) is 0 Å². The molecular weight excluding hydrogens is 322 g/mol. The zero-order valence-electron chi connectivity index (χ0n) is 13.2. The van der Waals surface area contributed by atoms with Crippen LogP contribution in [0, 0.1) is 6.92 Å². The Balaban J connectivity index is 1.72. The minimum atomic E-state index is 0.717. The van der Waals surface area contributed by atoms with Crippen LogP contribution in [0.4, 0.5) is 0 Å². The Morgan fingerprint density at radius 1 is 1.17 bits per heavy atom. The van der Waals surface area contributed by atoms with E-state index in [2.05, 4.69) is 15.0 Å². The standard InChI is InChI=1S/C18H16ClN5/c1-12-21-10-15(22-12)7-9-24-17-6-8-20-11-16(17)18(23-24)13-2-4-14(19)5-3-13/h2-6,8,10-11H,7,9H2,1H3,(H,21,22). The molecule has 120 valence electrons. The fourth-order valence-electron chi connectivity index (χ4n) is 2.83. The lowest BCUT2D eigenvalue weighted by Crippen LogP contribution is -2.03. The fraction of sp³-hybridized carbons (Fsp3) is 0.167. The van der Waals surface area contributed by atoms with Gasteiger partial charge in [-0.1, -0.05) is 23.7 Å². The van der Waals surface area contributed by atoms with Crippen molar-refractivity contribution in [2.75, 3.05) is 0 Å². The van der Waals surface area contributed by atoms with Crippen molar-refractivity contribution in [1.29, 1.82) is 0 Å². The number of aromatic amines is 1. The number of pyridine rings is 1. The van der Waals surface area contributed by atoms with Gasteiger partial charge in [-0.05, 0) is 25.1 Å². The second-order valence-electron chi connectivity index (χ2n) is 5.70. The largest absolute Gasteiger partial charge is 0.349 e. The first-order chi connectivity index (χ1) is 11.7. The van der Waals surface area contributed by atoms with E-state index in [1.165, 1.54) is 0 Å². The summed E-state index contributed by atoms with van der Waals surface area (Å²) in [6.45, 7) is 2.72. The first-order valence-electron chi connectivity index (χ1n) is 7.78. The quantitative estimate of drug-likeness (QED) is 0.611. The number of benzene rings is 1. The monoisotopic (exact) mass is 337 g/mol. The Bertz CT molecular complexity index is 984. The van der Waals surface area contributed by atoms with E-state index >= 15 is 0 Å². The number of nitrogens with zero attached hydrogens (tertiary/aromatic N) is 4. The molecule has 3 heterocycles. The Kier molecular flexibility index (Phi) is 3.78. The first-order valence-corrected chi connectivity index (χ1v) is 8.16. The summed E-state index contributed by atoms with van der Waals surface area (Å²) in [5.41, 5.74) is 4.07. The molecule has 0 amide bonds. The average molecular weight is 338 g/mol. The van der Waals surface area contributed by atoms with Crippen LogP contribution in [0.5, 0.6) is 0 Å². The number of H-pyrrole nitrogens is 1. The molecule has 0 aliphatic heterocycles. The number of hydrogen-bond acceptors (Lipinski definition) is 3. The van der Waals surface area contributed by atoms with Crippen molar-refractivity contribution >= 4 is 22.5 Å². The molecule has 0 saturated carbocycles. The number of fused-ring (bicyclic) bond motifs is 1. The summed E-state index contributed by atoms with van der Waals surface area (Å²) in [7, 11) is 0. The van der Waals surface area contributed by atoms with E-state index < -0.39 is 0 Å².